The molecule has 0 aliphatic carbocycles. The average Bonchev–Trinajstić information content (AvgIpc) is 3.32. The van der Waals surface area contributed by atoms with E-state index in [1.807, 2.05) is 73.7 Å². The fourth-order valence-corrected chi connectivity index (χ4v) is 5.15. The van der Waals surface area contributed by atoms with Crippen molar-refractivity contribution in [1.29, 1.82) is 0 Å². The second-order valence-corrected chi connectivity index (χ2v) is 9.07. The zero-order valence-electron chi connectivity index (χ0n) is 19.3. The molecule has 2 aromatic carbocycles. The lowest BCUT2D eigenvalue weighted by Crippen LogP contribution is -2.62. The molecule has 5 atom stereocenters. The van der Waals surface area contributed by atoms with Crippen LogP contribution in [-0.4, -0.2) is 51.1 Å². The summed E-state index contributed by atoms with van der Waals surface area (Å²) in [6, 6.07) is 16.6. The van der Waals surface area contributed by atoms with E-state index in [0.717, 1.165) is 17.5 Å². The third-order valence-corrected chi connectivity index (χ3v) is 7.00. The monoisotopic (exact) mass is 462 g/mol. The van der Waals surface area contributed by atoms with E-state index in [-0.39, 0.29) is 12.5 Å². The number of imide groups is 1. The van der Waals surface area contributed by atoms with E-state index in [9.17, 15) is 24.6 Å². The number of aliphatic hydroxyl groups is 1. The minimum absolute atomic E-state index is 0.257. The molecular weight excluding hydrogens is 432 g/mol. The second-order valence-electron chi connectivity index (χ2n) is 9.07. The van der Waals surface area contributed by atoms with Gasteiger partial charge in [-0.15, -0.1) is 0 Å². The molecule has 2 aliphatic heterocycles. The molecule has 34 heavy (non-hydrogen) atoms. The highest BCUT2D eigenvalue weighted by Crippen LogP contribution is 2.50. The molecule has 0 spiro atoms. The van der Waals surface area contributed by atoms with Gasteiger partial charge in [0.15, 0.2) is 5.54 Å². The smallest absolute Gasteiger partial charge is 0.327 e. The van der Waals surface area contributed by atoms with Gasteiger partial charge in [0, 0.05) is 12.6 Å². The van der Waals surface area contributed by atoms with E-state index in [1.165, 1.54) is 11.8 Å². The normalized spacial score (nSPS) is 27.4. The number of likely N-dealkylation sites (tertiary alicyclic amines) is 1. The Morgan fingerprint density at radius 3 is 2.24 bits per heavy atom. The van der Waals surface area contributed by atoms with Gasteiger partial charge in [0.05, 0.1) is 17.9 Å². The lowest BCUT2D eigenvalue weighted by molar-refractivity contribution is -0.156. The van der Waals surface area contributed by atoms with Crippen LogP contribution in [-0.2, 0) is 14.4 Å². The second kappa shape index (κ2) is 9.52. The zero-order chi connectivity index (χ0) is 24.5. The molecule has 0 aromatic heterocycles. The number of nitrogens with one attached hydrogen (secondary N) is 1. The van der Waals surface area contributed by atoms with Gasteiger partial charge >= 0.3 is 5.97 Å². The van der Waals surface area contributed by atoms with E-state index in [0.29, 0.717) is 12.0 Å². The van der Waals surface area contributed by atoms with Gasteiger partial charge in [-0.2, -0.15) is 0 Å². The molecule has 2 heterocycles. The fraction of sp³-hybridized carbons (Fsp3) is 0.370. The van der Waals surface area contributed by atoms with Crippen LogP contribution in [0.25, 0.3) is 12.2 Å². The summed E-state index contributed by atoms with van der Waals surface area (Å²) in [5.41, 5.74) is 0.779. The topological polar surface area (TPSA) is 107 Å². The van der Waals surface area contributed by atoms with Gasteiger partial charge in [0.25, 0.3) is 0 Å². The van der Waals surface area contributed by atoms with Crippen LogP contribution in [0.4, 0.5) is 0 Å². The van der Waals surface area contributed by atoms with Crippen LogP contribution in [0.2, 0.25) is 0 Å². The Morgan fingerprint density at radius 1 is 1.06 bits per heavy atom. The van der Waals surface area contributed by atoms with E-state index < -0.39 is 41.4 Å². The van der Waals surface area contributed by atoms with Gasteiger partial charge in [-0.05, 0) is 30.0 Å². The Kier molecular flexibility index (Phi) is 6.68. The number of benzene rings is 2. The molecule has 2 fully saturated rings. The number of hydrogen-bond donors (Lipinski definition) is 3. The third-order valence-electron chi connectivity index (χ3n) is 7.00. The lowest BCUT2D eigenvalue weighted by Gasteiger charge is -2.33. The maximum absolute atomic E-state index is 13.3. The summed E-state index contributed by atoms with van der Waals surface area (Å²) < 4.78 is 0. The number of fused-ring (bicyclic) bond motifs is 1. The van der Waals surface area contributed by atoms with Crippen molar-refractivity contribution >= 4 is 29.9 Å². The molecule has 2 amide bonds. The molecule has 0 saturated carbocycles. The summed E-state index contributed by atoms with van der Waals surface area (Å²) in [5.74, 6) is -4.29. The minimum atomic E-state index is -1.94. The van der Waals surface area contributed by atoms with Crippen molar-refractivity contribution in [2.45, 2.75) is 44.4 Å². The molecule has 4 rings (SSSR count). The number of unbranched alkanes of at least 4 members (excludes halogenated alkanes) is 1. The van der Waals surface area contributed by atoms with Gasteiger partial charge in [-0.3, -0.25) is 24.6 Å². The van der Waals surface area contributed by atoms with Gasteiger partial charge in [-0.25, -0.2) is 0 Å². The molecule has 0 radical (unpaired) electrons. The largest absolute Gasteiger partial charge is 0.480 e. The number of amides is 2. The number of rotatable bonds is 8. The molecular formula is C27H30N2O5. The van der Waals surface area contributed by atoms with Crippen LogP contribution >= 0.6 is 0 Å². The number of aliphatic carboxylic acids is 1. The summed E-state index contributed by atoms with van der Waals surface area (Å²) in [4.78, 5) is 40.2. The van der Waals surface area contributed by atoms with Gasteiger partial charge < -0.3 is 10.2 Å². The highest BCUT2D eigenvalue weighted by molar-refractivity contribution is 6.09. The highest BCUT2D eigenvalue weighted by Gasteiger charge is 2.70. The van der Waals surface area contributed by atoms with E-state index >= 15 is 0 Å². The number of carboxylic acids is 1. The van der Waals surface area contributed by atoms with E-state index in [1.54, 1.807) is 0 Å². The zero-order valence-corrected chi connectivity index (χ0v) is 19.3. The number of carbonyl (C=O) groups excluding carboxylic acids is 2. The average molecular weight is 463 g/mol. The highest BCUT2D eigenvalue weighted by atomic mass is 16.4. The Labute approximate surface area is 199 Å². The number of carboxylic acid groups (broad SMARTS) is 1. The standard InChI is InChI=1S/C27H30N2O5/c1-3-4-16-29-24(31)21-22(25(29)32)27(17(2)30,26(33)34)28-23(21)20-14-12-19(13-15-20)11-10-18-8-6-5-7-9-18/h5-15,17,21-23,28,30H,3-4,16H2,1-2H3,(H,33,34). The molecule has 2 aromatic rings. The number of hydrogen-bond acceptors (Lipinski definition) is 5. The third kappa shape index (κ3) is 3.95. The molecule has 7 nitrogen and oxygen atoms in total. The summed E-state index contributed by atoms with van der Waals surface area (Å²) in [7, 11) is 0. The van der Waals surface area contributed by atoms with Crippen molar-refractivity contribution in [2.75, 3.05) is 6.54 Å². The molecule has 7 heteroatoms. The summed E-state index contributed by atoms with van der Waals surface area (Å²) >= 11 is 0. The van der Waals surface area contributed by atoms with Gasteiger partial charge in [0.1, 0.15) is 0 Å². The Balaban J connectivity index is 1.67. The van der Waals surface area contributed by atoms with E-state index in [4.69, 9.17) is 0 Å². The van der Waals surface area contributed by atoms with Crippen molar-refractivity contribution in [3.8, 4) is 0 Å². The number of nitrogens with zero attached hydrogens (tertiary/aromatic N) is 1. The lowest BCUT2D eigenvalue weighted by atomic mass is 9.76. The van der Waals surface area contributed by atoms with Crippen molar-refractivity contribution in [3.63, 3.8) is 0 Å². The van der Waals surface area contributed by atoms with Crippen molar-refractivity contribution in [1.82, 2.24) is 10.2 Å². The van der Waals surface area contributed by atoms with Crippen LogP contribution in [0.5, 0.6) is 0 Å². The quantitative estimate of drug-likeness (QED) is 0.411. The van der Waals surface area contributed by atoms with Crippen LogP contribution in [0, 0.1) is 11.8 Å². The minimum Gasteiger partial charge on any atom is -0.480 e. The molecule has 2 aliphatic rings. The Hall–Kier alpha value is -3.29. The van der Waals surface area contributed by atoms with Gasteiger partial charge in [0.2, 0.25) is 11.8 Å². The molecule has 3 N–H and O–H groups in total. The predicted octanol–water partition coefficient (Wildman–Crippen LogP) is 3.11. The first kappa shape index (κ1) is 23.9. The molecule has 0 bridgehead atoms. The van der Waals surface area contributed by atoms with Crippen LogP contribution < -0.4 is 5.32 Å². The number of aliphatic hydroxyl groups excluding tert-OH is 1. The predicted molar refractivity (Wildman–Crippen MR) is 128 cm³/mol. The first-order valence-corrected chi connectivity index (χ1v) is 11.7. The van der Waals surface area contributed by atoms with Crippen molar-refractivity contribution in [2.24, 2.45) is 11.8 Å². The number of carbonyl (C=O) groups is 3. The SMILES string of the molecule is CCCCN1C(=O)C2C(c3ccc(C=Cc4ccccc4)cc3)NC(C(=O)O)(C(C)O)C2C1=O. The van der Waals surface area contributed by atoms with Crippen LogP contribution in [0.15, 0.2) is 54.6 Å². The first-order chi connectivity index (χ1) is 16.3. The maximum atomic E-state index is 13.3. The van der Waals surface area contributed by atoms with Crippen LogP contribution in [0.1, 0.15) is 49.4 Å². The summed E-state index contributed by atoms with van der Waals surface area (Å²) in [6.07, 6.45) is 4.03. The molecule has 5 unspecified atom stereocenters. The molecule has 2 saturated heterocycles. The Morgan fingerprint density at radius 2 is 1.68 bits per heavy atom. The molecule has 178 valence electrons. The maximum Gasteiger partial charge on any atom is 0.327 e. The first-order valence-electron chi connectivity index (χ1n) is 11.7. The van der Waals surface area contributed by atoms with Crippen LogP contribution in [0.3, 0.4) is 0 Å². The fourth-order valence-electron chi connectivity index (χ4n) is 5.15. The Bertz CT molecular complexity index is 1100. The van der Waals surface area contributed by atoms with Crippen molar-refractivity contribution < 1.29 is 24.6 Å². The van der Waals surface area contributed by atoms with Gasteiger partial charge in [-0.1, -0.05) is 80.1 Å². The van der Waals surface area contributed by atoms with Crippen molar-refractivity contribution in [3.05, 3.63) is 71.3 Å². The van der Waals surface area contributed by atoms with E-state index in [2.05, 4.69) is 5.32 Å². The summed E-state index contributed by atoms with van der Waals surface area (Å²) in [5, 5.41) is 23.7. The summed E-state index contributed by atoms with van der Waals surface area (Å²) in [6.45, 7) is 3.57.